The van der Waals surface area contributed by atoms with Crippen LogP contribution in [0.1, 0.15) is 25.7 Å². The van der Waals surface area contributed by atoms with Crippen molar-refractivity contribution in [2.45, 2.75) is 32.0 Å². The lowest BCUT2D eigenvalue weighted by molar-refractivity contribution is -0.154. The molecule has 0 N–H and O–H groups in total. The molecular weight excluding hydrogens is 376 g/mol. The number of rotatable bonds is 4. The van der Waals surface area contributed by atoms with Crippen molar-refractivity contribution >= 4 is 27.7 Å². The monoisotopic (exact) mass is 394 g/mol. The van der Waals surface area contributed by atoms with E-state index in [0.29, 0.717) is 35.7 Å². The van der Waals surface area contributed by atoms with Gasteiger partial charge in [-0.1, -0.05) is 11.8 Å². The van der Waals surface area contributed by atoms with Gasteiger partial charge < -0.3 is 14.2 Å². The zero-order valence-electron chi connectivity index (χ0n) is 13.3. The molecule has 1 amide bonds. The van der Waals surface area contributed by atoms with Crippen LogP contribution >= 0.6 is 15.9 Å². The molecule has 128 valence electrons. The van der Waals surface area contributed by atoms with Crippen LogP contribution in [0.5, 0.6) is 5.75 Å². The van der Waals surface area contributed by atoms with E-state index < -0.39 is 0 Å². The zero-order valence-corrected chi connectivity index (χ0v) is 14.9. The first-order valence-corrected chi connectivity index (χ1v) is 8.82. The number of hydrogen-bond donors (Lipinski definition) is 0. The lowest BCUT2D eigenvalue weighted by atomic mass is 10.2. The summed E-state index contributed by atoms with van der Waals surface area (Å²) in [6.07, 6.45) is 3.60. The number of hydrogen-bond acceptors (Lipinski definition) is 5. The number of amides is 1. The van der Waals surface area contributed by atoms with E-state index in [-0.39, 0.29) is 18.8 Å². The number of carbonyl (C=O) groups is 1. The predicted molar refractivity (Wildman–Crippen MR) is 91.7 cm³/mol. The van der Waals surface area contributed by atoms with E-state index in [1.807, 2.05) is 0 Å². The second-order valence-corrected chi connectivity index (χ2v) is 6.31. The summed E-state index contributed by atoms with van der Waals surface area (Å²) in [4.78, 5) is 18.0. The summed E-state index contributed by atoms with van der Waals surface area (Å²) < 4.78 is 17.1. The Kier molecular flexibility index (Phi) is 6.07. The first kappa shape index (κ1) is 17.2. The van der Waals surface area contributed by atoms with Gasteiger partial charge in [0.15, 0.2) is 24.5 Å². The molecule has 6 nitrogen and oxygen atoms in total. The summed E-state index contributed by atoms with van der Waals surface area (Å²) >= 11 is 3.32. The van der Waals surface area contributed by atoms with E-state index in [4.69, 9.17) is 14.2 Å². The number of ether oxygens (including phenoxy) is 3. The minimum Gasteiger partial charge on any atom is -0.480 e. The SMILES string of the molecule is O=C1COc2ccc(Br)nc2N1CCC#CCOC1CCCCO1. The Morgan fingerprint density at radius 3 is 3.12 bits per heavy atom. The van der Waals surface area contributed by atoms with Crippen molar-refractivity contribution < 1.29 is 19.0 Å². The quantitative estimate of drug-likeness (QED) is 0.579. The predicted octanol–water partition coefficient (Wildman–Crippen LogP) is 2.51. The second kappa shape index (κ2) is 8.47. The molecule has 3 heterocycles. The van der Waals surface area contributed by atoms with Crippen LogP contribution in [-0.2, 0) is 14.3 Å². The zero-order chi connectivity index (χ0) is 16.8. The maximum Gasteiger partial charge on any atom is 0.266 e. The summed E-state index contributed by atoms with van der Waals surface area (Å²) in [5.41, 5.74) is 0. The van der Waals surface area contributed by atoms with Gasteiger partial charge in [0.25, 0.3) is 5.91 Å². The average molecular weight is 395 g/mol. The van der Waals surface area contributed by atoms with Crippen LogP contribution in [0.15, 0.2) is 16.7 Å². The molecule has 1 aromatic heterocycles. The van der Waals surface area contributed by atoms with Crippen LogP contribution in [0.2, 0.25) is 0 Å². The van der Waals surface area contributed by atoms with E-state index >= 15 is 0 Å². The molecule has 0 spiro atoms. The van der Waals surface area contributed by atoms with Gasteiger partial charge in [-0.15, -0.1) is 0 Å². The van der Waals surface area contributed by atoms with E-state index in [1.165, 1.54) is 0 Å². The third-order valence-electron chi connectivity index (χ3n) is 3.78. The Morgan fingerprint density at radius 1 is 1.38 bits per heavy atom. The molecule has 0 bridgehead atoms. The number of pyridine rings is 1. The second-order valence-electron chi connectivity index (χ2n) is 5.50. The Labute approximate surface area is 149 Å². The fourth-order valence-electron chi connectivity index (χ4n) is 2.57. The molecular formula is C17H19BrN2O4. The minimum absolute atomic E-state index is 0.0336. The highest BCUT2D eigenvalue weighted by Gasteiger charge is 2.26. The molecule has 0 aliphatic carbocycles. The minimum atomic E-state index is -0.123. The summed E-state index contributed by atoms with van der Waals surface area (Å²) in [7, 11) is 0. The van der Waals surface area contributed by atoms with Crippen molar-refractivity contribution in [3.63, 3.8) is 0 Å². The molecule has 0 aromatic carbocycles. The summed E-state index contributed by atoms with van der Waals surface area (Å²) in [5.74, 6) is 7.05. The number of carbonyl (C=O) groups excluding carboxylic acids is 1. The maximum atomic E-state index is 12.1. The van der Waals surface area contributed by atoms with Gasteiger partial charge in [-0.05, 0) is 47.3 Å². The van der Waals surface area contributed by atoms with Crippen molar-refractivity contribution in [3.05, 3.63) is 16.7 Å². The highest BCUT2D eigenvalue weighted by atomic mass is 79.9. The number of nitrogens with zero attached hydrogens (tertiary/aromatic N) is 2. The number of anilines is 1. The molecule has 1 unspecified atom stereocenters. The molecule has 0 radical (unpaired) electrons. The summed E-state index contributed by atoms with van der Waals surface area (Å²) in [5, 5.41) is 0. The first-order valence-electron chi connectivity index (χ1n) is 8.02. The standard InChI is InChI=1S/C17H19BrN2O4/c18-14-8-7-13-17(19-14)20(15(21)12-24-13)9-3-1-4-10-22-16-6-2-5-11-23-16/h7-8,16H,2-3,5-6,9-12H2. The molecule has 0 saturated carbocycles. The van der Waals surface area contributed by atoms with Crippen molar-refractivity contribution in [1.29, 1.82) is 0 Å². The van der Waals surface area contributed by atoms with E-state index in [2.05, 4.69) is 32.8 Å². The molecule has 24 heavy (non-hydrogen) atoms. The highest BCUT2D eigenvalue weighted by Crippen LogP contribution is 2.31. The van der Waals surface area contributed by atoms with Crippen molar-refractivity contribution in [3.8, 4) is 17.6 Å². The molecule has 2 aliphatic rings. The van der Waals surface area contributed by atoms with Gasteiger partial charge in [-0.25, -0.2) is 4.98 Å². The molecule has 1 atom stereocenters. The molecule has 1 fully saturated rings. The van der Waals surface area contributed by atoms with Gasteiger partial charge >= 0.3 is 0 Å². The van der Waals surface area contributed by atoms with Gasteiger partial charge in [0.1, 0.15) is 11.2 Å². The average Bonchev–Trinajstić information content (AvgIpc) is 2.60. The molecule has 1 aromatic rings. The smallest absolute Gasteiger partial charge is 0.266 e. The molecule has 7 heteroatoms. The van der Waals surface area contributed by atoms with Crippen molar-refractivity contribution in [1.82, 2.24) is 4.98 Å². The van der Waals surface area contributed by atoms with E-state index in [9.17, 15) is 4.79 Å². The fraction of sp³-hybridized carbons (Fsp3) is 0.529. The summed E-state index contributed by atoms with van der Waals surface area (Å²) in [6, 6.07) is 3.59. The van der Waals surface area contributed by atoms with Crippen LogP contribution in [0.25, 0.3) is 0 Å². The maximum absolute atomic E-state index is 12.1. The number of fused-ring (bicyclic) bond motifs is 1. The molecule has 1 saturated heterocycles. The largest absolute Gasteiger partial charge is 0.480 e. The van der Waals surface area contributed by atoms with Crippen LogP contribution in [0.4, 0.5) is 5.82 Å². The summed E-state index contributed by atoms with van der Waals surface area (Å²) in [6.45, 7) is 1.62. The topological polar surface area (TPSA) is 60.9 Å². The normalized spacial score (nSPS) is 20.0. The van der Waals surface area contributed by atoms with Gasteiger partial charge in [-0.2, -0.15) is 0 Å². The number of aromatic nitrogens is 1. The first-order chi connectivity index (χ1) is 11.7. The van der Waals surface area contributed by atoms with Gasteiger partial charge in [0.2, 0.25) is 0 Å². The Bertz CT molecular complexity index is 650. The molecule has 3 rings (SSSR count). The highest BCUT2D eigenvalue weighted by molar-refractivity contribution is 9.10. The third kappa shape index (κ3) is 4.47. The van der Waals surface area contributed by atoms with E-state index in [1.54, 1.807) is 17.0 Å². The van der Waals surface area contributed by atoms with E-state index in [0.717, 1.165) is 25.9 Å². The molecule has 2 aliphatic heterocycles. The Balaban J connectivity index is 1.49. The van der Waals surface area contributed by atoms with Gasteiger partial charge in [0, 0.05) is 19.6 Å². The van der Waals surface area contributed by atoms with Crippen LogP contribution < -0.4 is 9.64 Å². The van der Waals surface area contributed by atoms with Gasteiger partial charge in [0.05, 0.1) is 0 Å². The fourth-order valence-corrected chi connectivity index (χ4v) is 2.87. The lowest BCUT2D eigenvalue weighted by Gasteiger charge is -2.27. The lowest BCUT2D eigenvalue weighted by Crippen LogP contribution is -2.40. The third-order valence-corrected chi connectivity index (χ3v) is 4.22. The Morgan fingerprint density at radius 2 is 2.29 bits per heavy atom. The van der Waals surface area contributed by atoms with Gasteiger partial charge in [-0.3, -0.25) is 9.69 Å². The van der Waals surface area contributed by atoms with Crippen LogP contribution in [0.3, 0.4) is 0 Å². The van der Waals surface area contributed by atoms with Crippen LogP contribution in [-0.4, -0.2) is 43.5 Å². The Hall–Kier alpha value is -1.62. The van der Waals surface area contributed by atoms with Crippen molar-refractivity contribution in [2.75, 3.05) is 31.3 Å². The van der Waals surface area contributed by atoms with Crippen LogP contribution in [0, 0.1) is 11.8 Å². The number of halogens is 1. The van der Waals surface area contributed by atoms with Crippen molar-refractivity contribution in [2.24, 2.45) is 0 Å².